The van der Waals surface area contributed by atoms with E-state index in [1.54, 1.807) is 18.5 Å². The summed E-state index contributed by atoms with van der Waals surface area (Å²) < 4.78 is 0.983. The highest BCUT2D eigenvalue weighted by atomic mass is 79.9. The molecule has 1 amide bonds. The minimum atomic E-state index is -0.276. The number of halogens is 1. The molecule has 2 heterocycles. The van der Waals surface area contributed by atoms with Crippen LogP contribution >= 0.6 is 15.9 Å². The number of aromatic nitrogens is 3. The Hall–Kier alpha value is -2.80. The van der Waals surface area contributed by atoms with Gasteiger partial charge in [0.15, 0.2) is 0 Å². The van der Waals surface area contributed by atoms with E-state index in [1.807, 2.05) is 42.5 Å². The van der Waals surface area contributed by atoms with Crippen molar-refractivity contribution in [2.45, 2.75) is 6.54 Å². The monoisotopic (exact) mass is 383 g/mol. The summed E-state index contributed by atoms with van der Waals surface area (Å²) in [6.45, 7) is 0.346. The van der Waals surface area contributed by atoms with Crippen LogP contribution in [0.25, 0.3) is 0 Å². The number of anilines is 2. The van der Waals surface area contributed by atoms with Crippen LogP contribution in [-0.2, 0) is 6.54 Å². The standard InChI is InChI=1S/C17H14BrN5O/c18-12-4-6-13(7-5-12)22-17-20-10-8-15(23-17)16(24)21-11-14-3-1-2-9-19-14/h1-10H,11H2,(H,21,24)(H,20,22,23). The van der Waals surface area contributed by atoms with Crippen molar-refractivity contribution in [1.29, 1.82) is 0 Å². The third-order valence-corrected chi connectivity index (χ3v) is 3.67. The van der Waals surface area contributed by atoms with Gasteiger partial charge in [-0.1, -0.05) is 22.0 Å². The lowest BCUT2D eigenvalue weighted by atomic mass is 10.3. The Kier molecular flexibility index (Phi) is 5.12. The van der Waals surface area contributed by atoms with Gasteiger partial charge in [-0.15, -0.1) is 0 Å². The maximum atomic E-state index is 12.2. The minimum absolute atomic E-state index is 0.276. The molecule has 2 N–H and O–H groups in total. The smallest absolute Gasteiger partial charge is 0.270 e. The van der Waals surface area contributed by atoms with Crippen molar-refractivity contribution < 1.29 is 4.79 Å². The Morgan fingerprint density at radius 1 is 1.00 bits per heavy atom. The summed E-state index contributed by atoms with van der Waals surface area (Å²) in [7, 11) is 0. The van der Waals surface area contributed by atoms with Crippen molar-refractivity contribution in [2.75, 3.05) is 5.32 Å². The normalized spacial score (nSPS) is 10.2. The molecule has 7 heteroatoms. The molecule has 3 rings (SSSR count). The van der Waals surface area contributed by atoms with Crippen LogP contribution in [0.2, 0.25) is 0 Å². The number of carbonyl (C=O) groups excluding carboxylic acids is 1. The molecule has 0 radical (unpaired) electrons. The van der Waals surface area contributed by atoms with E-state index in [0.717, 1.165) is 15.9 Å². The van der Waals surface area contributed by atoms with E-state index in [-0.39, 0.29) is 5.91 Å². The zero-order valence-corrected chi connectivity index (χ0v) is 14.2. The van der Waals surface area contributed by atoms with Crippen molar-refractivity contribution >= 4 is 33.5 Å². The predicted molar refractivity (Wildman–Crippen MR) is 94.9 cm³/mol. The van der Waals surface area contributed by atoms with E-state index in [0.29, 0.717) is 18.2 Å². The number of hydrogen-bond acceptors (Lipinski definition) is 5. The number of carbonyl (C=O) groups is 1. The number of pyridine rings is 1. The molecule has 120 valence electrons. The molecule has 24 heavy (non-hydrogen) atoms. The molecule has 0 bridgehead atoms. The highest BCUT2D eigenvalue weighted by Gasteiger charge is 2.09. The topological polar surface area (TPSA) is 79.8 Å². The first-order valence-corrected chi connectivity index (χ1v) is 8.04. The summed E-state index contributed by atoms with van der Waals surface area (Å²) in [6, 6.07) is 14.7. The van der Waals surface area contributed by atoms with E-state index in [9.17, 15) is 4.79 Å². The van der Waals surface area contributed by atoms with Crippen molar-refractivity contribution in [3.8, 4) is 0 Å². The quantitative estimate of drug-likeness (QED) is 0.706. The van der Waals surface area contributed by atoms with Crippen molar-refractivity contribution in [1.82, 2.24) is 20.3 Å². The van der Waals surface area contributed by atoms with Gasteiger partial charge in [-0.25, -0.2) is 9.97 Å². The largest absolute Gasteiger partial charge is 0.345 e. The van der Waals surface area contributed by atoms with Crippen LogP contribution in [0.3, 0.4) is 0 Å². The minimum Gasteiger partial charge on any atom is -0.345 e. The molecule has 0 saturated carbocycles. The number of nitrogens with one attached hydrogen (secondary N) is 2. The summed E-state index contributed by atoms with van der Waals surface area (Å²) in [5.74, 6) is 0.0877. The summed E-state index contributed by atoms with van der Waals surface area (Å²) >= 11 is 3.38. The van der Waals surface area contributed by atoms with Crippen LogP contribution in [-0.4, -0.2) is 20.9 Å². The molecule has 0 aliphatic heterocycles. The fourth-order valence-electron chi connectivity index (χ4n) is 1.97. The second kappa shape index (κ2) is 7.65. The van der Waals surface area contributed by atoms with Gasteiger partial charge in [-0.3, -0.25) is 9.78 Å². The van der Waals surface area contributed by atoms with E-state index >= 15 is 0 Å². The molecule has 0 fully saturated rings. The van der Waals surface area contributed by atoms with Crippen LogP contribution in [0.15, 0.2) is 65.4 Å². The second-order valence-corrected chi connectivity index (χ2v) is 5.82. The number of nitrogens with zero attached hydrogens (tertiary/aromatic N) is 3. The fraction of sp³-hybridized carbons (Fsp3) is 0.0588. The SMILES string of the molecule is O=C(NCc1ccccn1)c1ccnc(Nc2ccc(Br)cc2)n1. The summed E-state index contributed by atoms with van der Waals surface area (Å²) in [5.41, 5.74) is 1.91. The van der Waals surface area contributed by atoms with Crippen LogP contribution in [0.1, 0.15) is 16.2 Å². The van der Waals surface area contributed by atoms with E-state index in [1.165, 1.54) is 0 Å². The number of rotatable bonds is 5. The lowest BCUT2D eigenvalue weighted by molar-refractivity contribution is 0.0945. The van der Waals surface area contributed by atoms with Crippen molar-refractivity contribution in [3.63, 3.8) is 0 Å². The Morgan fingerprint density at radius 2 is 1.83 bits per heavy atom. The Balaban J connectivity index is 1.65. The molecule has 0 aliphatic rings. The molecule has 0 aliphatic carbocycles. The second-order valence-electron chi connectivity index (χ2n) is 4.90. The van der Waals surface area contributed by atoms with Gasteiger partial charge in [0.25, 0.3) is 5.91 Å². The molecule has 2 aromatic heterocycles. The van der Waals surface area contributed by atoms with Crippen LogP contribution in [0.4, 0.5) is 11.6 Å². The molecule has 0 spiro atoms. The van der Waals surface area contributed by atoms with E-state index in [2.05, 4.69) is 41.5 Å². The molecule has 0 saturated heterocycles. The van der Waals surface area contributed by atoms with Gasteiger partial charge in [0.1, 0.15) is 5.69 Å². The maximum absolute atomic E-state index is 12.2. The lowest BCUT2D eigenvalue weighted by Crippen LogP contribution is -2.24. The highest BCUT2D eigenvalue weighted by molar-refractivity contribution is 9.10. The third-order valence-electron chi connectivity index (χ3n) is 3.14. The molecule has 0 unspecified atom stereocenters. The molecule has 6 nitrogen and oxygen atoms in total. The number of hydrogen-bond donors (Lipinski definition) is 2. The van der Waals surface area contributed by atoms with Gasteiger partial charge in [-0.05, 0) is 42.5 Å². The average molecular weight is 384 g/mol. The van der Waals surface area contributed by atoms with Gasteiger partial charge in [-0.2, -0.15) is 0 Å². The Morgan fingerprint density at radius 3 is 2.58 bits per heavy atom. The van der Waals surface area contributed by atoms with E-state index < -0.39 is 0 Å². The highest BCUT2D eigenvalue weighted by Crippen LogP contribution is 2.16. The third kappa shape index (κ3) is 4.36. The summed E-state index contributed by atoms with van der Waals surface area (Å²) in [5, 5.41) is 5.85. The van der Waals surface area contributed by atoms with Crippen LogP contribution < -0.4 is 10.6 Å². The Bertz CT molecular complexity index is 824. The first-order chi connectivity index (χ1) is 11.7. The van der Waals surface area contributed by atoms with Gasteiger partial charge in [0.2, 0.25) is 5.95 Å². The van der Waals surface area contributed by atoms with Gasteiger partial charge < -0.3 is 10.6 Å². The molecule has 3 aromatic rings. The first-order valence-electron chi connectivity index (χ1n) is 7.24. The first kappa shape index (κ1) is 16.1. The molecular weight excluding hydrogens is 370 g/mol. The average Bonchev–Trinajstić information content (AvgIpc) is 2.63. The fourth-order valence-corrected chi connectivity index (χ4v) is 2.24. The predicted octanol–water partition coefficient (Wildman–Crippen LogP) is 3.31. The number of amides is 1. The molecule has 1 aromatic carbocycles. The number of benzene rings is 1. The zero-order chi connectivity index (χ0) is 16.8. The van der Waals surface area contributed by atoms with Gasteiger partial charge in [0.05, 0.1) is 12.2 Å². The Labute approximate surface area is 147 Å². The van der Waals surface area contributed by atoms with Crippen LogP contribution in [0, 0.1) is 0 Å². The van der Waals surface area contributed by atoms with Gasteiger partial charge in [0, 0.05) is 22.6 Å². The van der Waals surface area contributed by atoms with E-state index in [4.69, 9.17) is 0 Å². The van der Waals surface area contributed by atoms with Crippen molar-refractivity contribution in [2.24, 2.45) is 0 Å². The molecule has 0 atom stereocenters. The maximum Gasteiger partial charge on any atom is 0.270 e. The molecular formula is C17H14BrN5O. The zero-order valence-electron chi connectivity index (χ0n) is 12.6. The van der Waals surface area contributed by atoms with Crippen LogP contribution in [0.5, 0.6) is 0 Å². The summed E-state index contributed by atoms with van der Waals surface area (Å²) in [4.78, 5) is 24.7. The summed E-state index contributed by atoms with van der Waals surface area (Å²) in [6.07, 6.45) is 3.23. The lowest BCUT2D eigenvalue weighted by Gasteiger charge is -2.07. The van der Waals surface area contributed by atoms with Gasteiger partial charge >= 0.3 is 0 Å². The van der Waals surface area contributed by atoms with Crippen molar-refractivity contribution in [3.05, 3.63) is 76.8 Å².